The second-order valence-electron chi connectivity index (χ2n) is 5.98. The fraction of sp³-hybridized carbons (Fsp3) is 0.300. The van der Waals surface area contributed by atoms with Gasteiger partial charge in [-0.1, -0.05) is 25.5 Å². The van der Waals surface area contributed by atoms with Gasteiger partial charge in [0.25, 0.3) is 5.91 Å². The van der Waals surface area contributed by atoms with Crippen molar-refractivity contribution in [1.82, 2.24) is 0 Å². The van der Waals surface area contributed by atoms with Gasteiger partial charge in [-0.05, 0) is 42.3 Å². The number of fused-ring (bicyclic) bond motifs is 1. The van der Waals surface area contributed by atoms with E-state index in [4.69, 9.17) is 4.74 Å². The predicted octanol–water partition coefficient (Wildman–Crippen LogP) is 3.97. The van der Waals surface area contributed by atoms with E-state index in [0.29, 0.717) is 24.4 Å². The molecule has 0 saturated heterocycles. The number of benzene rings is 2. The van der Waals surface area contributed by atoms with Crippen molar-refractivity contribution in [3.05, 3.63) is 59.4 Å². The van der Waals surface area contributed by atoms with Crippen molar-refractivity contribution in [2.45, 2.75) is 26.3 Å². The van der Waals surface area contributed by atoms with Gasteiger partial charge in [-0.15, -0.1) is 0 Å². The average molecular weight is 340 g/mol. The first kappa shape index (κ1) is 17.1. The van der Waals surface area contributed by atoms with Crippen molar-refractivity contribution >= 4 is 17.3 Å². The number of nitrogens with zero attached hydrogens (tertiary/aromatic N) is 2. The van der Waals surface area contributed by atoms with Gasteiger partial charge in [0, 0.05) is 12.1 Å². The number of unbranched alkanes of at least 4 members (excludes halogenated alkanes) is 1. The molecule has 0 radical (unpaired) electrons. The summed E-state index contributed by atoms with van der Waals surface area (Å²) in [7, 11) is 1.61. The molecule has 2 aromatic carbocycles. The van der Waals surface area contributed by atoms with Crippen LogP contribution >= 0.6 is 0 Å². The summed E-state index contributed by atoms with van der Waals surface area (Å²) < 4.78 is 18.8. The molecule has 5 heteroatoms. The minimum absolute atomic E-state index is 0.150. The summed E-state index contributed by atoms with van der Waals surface area (Å²) in [5.41, 5.74) is 2.62. The molecule has 0 atom stereocenters. The summed E-state index contributed by atoms with van der Waals surface area (Å²) in [6, 6.07) is 12.0. The van der Waals surface area contributed by atoms with E-state index in [-0.39, 0.29) is 11.7 Å². The van der Waals surface area contributed by atoms with Crippen molar-refractivity contribution in [3.63, 3.8) is 0 Å². The maximum absolute atomic E-state index is 13.7. The van der Waals surface area contributed by atoms with Crippen LogP contribution in [0.25, 0.3) is 0 Å². The van der Waals surface area contributed by atoms with Gasteiger partial charge in [0.05, 0.1) is 19.3 Å². The number of halogens is 1. The fourth-order valence-electron chi connectivity index (χ4n) is 2.88. The minimum Gasteiger partial charge on any atom is -0.497 e. The van der Waals surface area contributed by atoms with Crippen LogP contribution < -0.4 is 9.64 Å². The third-order valence-electron chi connectivity index (χ3n) is 4.27. The second kappa shape index (κ2) is 7.47. The van der Waals surface area contributed by atoms with Crippen LogP contribution in [-0.2, 0) is 11.3 Å². The highest BCUT2D eigenvalue weighted by atomic mass is 19.1. The number of methoxy groups -OCH3 is 1. The first-order valence-electron chi connectivity index (χ1n) is 8.43. The molecule has 0 aliphatic carbocycles. The van der Waals surface area contributed by atoms with Gasteiger partial charge < -0.3 is 9.64 Å². The van der Waals surface area contributed by atoms with Crippen molar-refractivity contribution in [2.75, 3.05) is 18.6 Å². The highest BCUT2D eigenvalue weighted by molar-refractivity contribution is 6.54. The summed E-state index contributed by atoms with van der Waals surface area (Å²) in [6.45, 7) is 3.06. The number of ether oxygens (including phenoxy) is 1. The third-order valence-corrected chi connectivity index (χ3v) is 4.27. The van der Waals surface area contributed by atoms with Crippen molar-refractivity contribution in [2.24, 2.45) is 4.99 Å². The van der Waals surface area contributed by atoms with Crippen LogP contribution in [0.2, 0.25) is 0 Å². The molecule has 25 heavy (non-hydrogen) atoms. The molecule has 0 bridgehead atoms. The van der Waals surface area contributed by atoms with Gasteiger partial charge in [-0.2, -0.15) is 0 Å². The zero-order valence-electron chi connectivity index (χ0n) is 14.5. The number of carbonyl (C=O) groups excluding carboxylic acids is 1. The van der Waals surface area contributed by atoms with Crippen LogP contribution in [-0.4, -0.2) is 25.3 Å². The molecule has 130 valence electrons. The molecular weight excluding hydrogens is 319 g/mol. The average Bonchev–Trinajstić information content (AvgIpc) is 2.89. The molecule has 0 N–H and O–H groups in total. The number of carbonyl (C=O) groups is 1. The number of amides is 1. The maximum Gasteiger partial charge on any atom is 0.277 e. The Morgan fingerprint density at radius 1 is 1.16 bits per heavy atom. The van der Waals surface area contributed by atoms with Crippen molar-refractivity contribution in [3.8, 4) is 5.75 Å². The molecular formula is C20H21FN2O2. The van der Waals surface area contributed by atoms with E-state index in [1.807, 2.05) is 24.3 Å². The number of hydrogen-bond acceptors (Lipinski definition) is 3. The Labute approximate surface area is 146 Å². The van der Waals surface area contributed by atoms with Crippen LogP contribution in [0.3, 0.4) is 0 Å². The number of aliphatic imine (C=N–C) groups is 1. The van der Waals surface area contributed by atoms with E-state index in [2.05, 4.69) is 11.9 Å². The Balaban J connectivity index is 1.89. The molecule has 3 rings (SSSR count). The van der Waals surface area contributed by atoms with Gasteiger partial charge in [-0.25, -0.2) is 4.39 Å². The standard InChI is InChI=1S/C20H21FN2O2/c1-3-4-11-23-18-10-7-15(21)12-17(18)19(20(23)24)22-13-14-5-8-16(25-2)9-6-14/h5-10,12H,3-4,11,13H2,1-2H3. The summed E-state index contributed by atoms with van der Waals surface area (Å²) in [5, 5.41) is 0. The minimum atomic E-state index is -0.360. The van der Waals surface area contributed by atoms with Gasteiger partial charge in [-0.3, -0.25) is 9.79 Å². The molecule has 1 heterocycles. The van der Waals surface area contributed by atoms with Gasteiger partial charge in [0.15, 0.2) is 0 Å². The monoisotopic (exact) mass is 340 g/mol. The largest absolute Gasteiger partial charge is 0.497 e. The topological polar surface area (TPSA) is 41.9 Å². The van der Waals surface area contributed by atoms with Gasteiger partial charge >= 0.3 is 0 Å². The summed E-state index contributed by atoms with van der Waals surface area (Å²) in [4.78, 5) is 18.9. The molecule has 1 amide bonds. The van der Waals surface area contributed by atoms with E-state index >= 15 is 0 Å². The van der Waals surface area contributed by atoms with Crippen LogP contribution in [0.15, 0.2) is 47.5 Å². The van der Waals surface area contributed by atoms with Crippen LogP contribution in [0.4, 0.5) is 10.1 Å². The van der Waals surface area contributed by atoms with Crippen LogP contribution in [0.1, 0.15) is 30.9 Å². The Morgan fingerprint density at radius 2 is 1.92 bits per heavy atom. The van der Waals surface area contributed by atoms with Crippen molar-refractivity contribution < 1.29 is 13.9 Å². The van der Waals surface area contributed by atoms with Crippen LogP contribution in [0, 0.1) is 5.82 Å². The fourth-order valence-corrected chi connectivity index (χ4v) is 2.88. The molecule has 0 spiro atoms. The van der Waals surface area contributed by atoms with Crippen LogP contribution in [0.5, 0.6) is 5.75 Å². The van der Waals surface area contributed by atoms with E-state index in [1.165, 1.54) is 12.1 Å². The number of rotatable bonds is 6. The Morgan fingerprint density at radius 3 is 2.60 bits per heavy atom. The maximum atomic E-state index is 13.7. The Kier molecular flexibility index (Phi) is 5.12. The Hall–Kier alpha value is -2.69. The summed E-state index contributed by atoms with van der Waals surface area (Å²) in [5.74, 6) is 0.259. The zero-order chi connectivity index (χ0) is 17.8. The normalized spacial score (nSPS) is 14.9. The Bertz CT molecular complexity index is 800. The smallest absolute Gasteiger partial charge is 0.277 e. The quantitative estimate of drug-likeness (QED) is 0.798. The molecule has 1 aliphatic rings. The van der Waals surface area contributed by atoms with E-state index < -0.39 is 0 Å². The van der Waals surface area contributed by atoms with Crippen molar-refractivity contribution in [1.29, 1.82) is 0 Å². The second-order valence-corrected chi connectivity index (χ2v) is 5.98. The van der Waals surface area contributed by atoms with Gasteiger partial charge in [0.2, 0.25) is 0 Å². The molecule has 0 unspecified atom stereocenters. The third kappa shape index (κ3) is 3.55. The number of hydrogen-bond donors (Lipinski definition) is 0. The molecule has 4 nitrogen and oxygen atoms in total. The highest BCUT2D eigenvalue weighted by Crippen LogP contribution is 2.30. The highest BCUT2D eigenvalue weighted by Gasteiger charge is 2.33. The molecule has 0 saturated carbocycles. The molecule has 0 fully saturated rings. The van der Waals surface area contributed by atoms with E-state index in [9.17, 15) is 9.18 Å². The first-order chi connectivity index (χ1) is 12.1. The first-order valence-corrected chi connectivity index (χ1v) is 8.43. The lowest BCUT2D eigenvalue weighted by Crippen LogP contribution is -2.31. The van der Waals surface area contributed by atoms with Gasteiger partial charge in [0.1, 0.15) is 17.3 Å². The lowest BCUT2D eigenvalue weighted by Gasteiger charge is -2.15. The lowest BCUT2D eigenvalue weighted by atomic mass is 10.1. The van der Waals surface area contributed by atoms with E-state index in [1.54, 1.807) is 18.1 Å². The SMILES string of the molecule is CCCCN1C(=O)C(=NCc2ccc(OC)cc2)c2cc(F)ccc21. The zero-order valence-corrected chi connectivity index (χ0v) is 14.5. The lowest BCUT2D eigenvalue weighted by molar-refractivity contribution is -0.112. The number of anilines is 1. The molecule has 2 aromatic rings. The summed E-state index contributed by atoms with van der Waals surface area (Å²) >= 11 is 0. The van der Waals surface area contributed by atoms with E-state index in [0.717, 1.165) is 29.8 Å². The molecule has 1 aliphatic heterocycles. The predicted molar refractivity (Wildman–Crippen MR) is 96.9 cm³/mol. The summed E-state index contributed by atoms with van der Waals surface area (Å²) in [6.07, 6.45) is 1.88. The molecule has 0 aromatic heterocycles.